The third-order valence-electron chi connectivity index (χ3n) is 5.47. The summed E-state index contributed by atoms with van der Waals surface area (Å²) in [7, 11) is 0. The van der Waals surface area contributed by atoms with Crippen LogP contribution in [0.3, 0.4) is 0 Å². The molecule has 0 bridgehead atoms. The molecule has 1 aromatic heterocycles. The molecule has 1 aromatic carbocycles. The first-order valence-corrected chi connectivity index (χ1v) is 10.2. The van der Waals surface area contributed by atoms with Crippen LogP contribution in [0.1, 0.15) is 24.2 Å². The highest BCUT2D eigenvalue weighted by Gasteiger charge is 2.22. The summed E-state index contributed by atoms with van der Waals surface area (Å²) in [6.45, 7) is 6.69. The topological polar surface area (TPSA) is 52.6 Å². The minimum Gasteiger partial charge on any atom is -0.356 e. The van der Waals surface area contributed by atoms with Gasteiger partial charge in [0.05, 0.1) is 0 Å². The highest BCUT2D eigenvalue weighted by Crippen LogP contribution is 2.23. The maximum atomic E-state index is 13.7. The molecule has 2 aliphatic rings. The first-order chi connectivity index (χ1) is 14.1. The molecule has 2 aliphatic heterocycles. The molecule has 1 amide bonds. The van der Waals surface area contributed by atoms with Crippen LogP contribution in [-0.4, -0.2) is 60.0 Å². The van der Waals surface area contributed by atoms with Crippen molar-refractivity contribution >= 4 is 23.6 Å². The number of anilines is 2. The number of carbonyl (C=O) groups excluding carboxylic acids is 1. The Bertz CT molecular complexity index is 902. The molecule has 6 nitrogen and oxygen atoms in total. The Labute approximate surface area is 170 Å². The van der Waals surface area contributed by atoms with Gasteiger partial charge in [0.25, 0.3) is 0 Å². The van der Waals surface area contributed by atoms with Gasteiger partial charge in [0.15, 0.2) is 0 Å². The SMILES string of the molecule is Cc1nc(N2CCCC2)cc(N2CCN(C(=O)/C=C/c3ccccc3F)CC2)n1. The van der Waals surface area contributed by atoms with Crippen molar-refractivity contribution in [1.82, 2.24) is 14.9 Å². The van der Waals surface area contributed by atoms with Crippen molar-refractivity contribution in [2.45, 2.75) is 19.8 Å². The van der Waals surface area contributed by atoms with Crippen LogP contribution >= 0.6 is 0 Å². The lowest BCUT2D eigenvalue weighted by molar-refractivity contribution is -0.126. The third-order valence-corrected chi connectivity index (χ3v) is 5.47. The van der Waals surface area contributed by atoms with E-state index in [4.69, 9.17) is 0 Å². The molecule has 0 N–H and O–H groups in total. The zero-order valence-corrected chi connectivity index (χ0v) is 16.7. The number of hydrogen-bond acceptors (Lipinski definition) is 5. The number of amides is 1. The van der Waals surface area contributed by atoms with Gasteiger partial charge in [-0.25, -0.2) is 14.4 Å². The van der Waals surface area contributed by atoms with Gasteiger partial charge < -0.3 is 14.7 Å². The van der Waals surface area contributed by atoms with Crippen molar-refractivity contribution < 1.29 is 9.18 Å². The summed E-state index contributed by atoms with van der Waals surface area (Å²) in [5.74, 6) is 2.28. The fourth-order valence-electron chi connectivity index (χ4n) is 3.84. The van der Waals surface area contributed by atoms with E-state index in [2.05, 4.69) is 25.8 Å². The lowest BCUT2D eigenvalue weighted by Crippen LogP contribution is -2.48. The summed E-state index contributed by atoms with van der Waals surface area (Å²) < 4.78 is 13.7. The number of rotatable bonds is 4. The number of halogens is 1. The lowest BCUT2D eigenvalue weighted by Gasteiger charge is -2.35. The van der Waals surface area contributed by atoms with E-state index in [1.807, 2.05) is 6.92 Å². The molecule has 0 saturated carbocycles. The van der Waals surface area contributed by atoms with Gasteiger partial charge in [-0.15, -0.1) is 0 Å². The van der Waals surface area contributed by atoms with E-state index in [0.29, 0.717) is 18.7 Å². The summed E-state index contributed by atoms with van der Waals surface area (Å²) in [4.78, 5) is 28.0. The van der Waals surface area contributed by atoms with Crippen molar-refractivity contribution in [3.63, 3.8) is 0 Å². The van der Waals surface area contributed by atoms with Gasteiger partial charge in [0.2, 0.25) is 5.91 Å². The third kappa shape index (κ3) is 4.55. The smallest absolute Gasteiger partial charge is 0.246 e. The monoisotopic (exact) mass is 395 g/mol. The maximum absolute atomic E-state index is 13.7. The Balaban J connectivity index is 1.38. The number of piperazine rings is 1. The molecule has 0 atom stereocenters. The summed E-state index contributed by atoms with van der Waals surface area (Å²) >= 11 is 0. The largest absolute Gasteiger partial charge is 0.356 e. The van der Waals surface area contributed by atoms with Crippen LogP contribution in [0.4, 0.5) is 16.0 Å². The van der Waals surface area contributed by atoms with Crippen molar-refractivity contribution in [1.29, 1.82) is 0 Å². The standard InChI is InChI=1S/C22H26FN5O/c1-17-24-20(26-10-4-5-11-26)16-21(25-17)27-12-14-28(15-13-27)22(29)9-8-18-6-2-3-7-19(18)23/h2-3,6-9,16H,4-5,10-15H2,1H3/b9-8+. The second-order valence-corrected chi connectivity index (χ2v) is 7.49. The van der Waals surface area contributed by atoms with E-state index in [1.165, 1.54) is 25.0 Å². The van der Waals surface area contributed by atoms with Crippen molar-refractivity contribution in [2.75, 3.05) is 49.1 Å². The highest BCUT2D eigenvalue weighted by molar-refractivity contribution is 5.92. The fraction of sp³-hybridized carbons (Fsp3) is 0.409. The first kappa shape index (κ1) is 19.4. The molecule has 2 saturated heterocycles. The van der Waals surface area contributed by atoms with Crippen molar-refractivity contribution in [3.05, 3.63) is 53.6 Å². The fourth-order valence-corrected chi connectivity index (χ4v) is 3.84. The molecule has 2 fully saturated rings. The Morgan fingerprint density at radius 2 is 1.59 bits per heavy atom. The predicted molar refractivity (Wildman–Crippen MR) is 112 cm³/mol. The molecule has 4 rings (SSSR count). The van der Waals surface area contributed by atoms with Gasteiger partial charge in [-0.1, -0.05) is 18.2 Å². The number of nitrogens with zero attached hydrogens (tertiary/aromatic N) is 5. The summed E-state index contributed by atoms with van der Waals surface area (Å²) in [6, 6.07) is 8.51. The van der Waals surface area contributed by atoms with Gasteiger partial charge in [-0.05, 0) is 31.9 Å². The van der Waals surface area contributed by atoms with E-state index in [1.54, 1.807) is 29.2 Å². The minimum atomic E-state index is -0.325. The summed E-state index contributed by atoms with van der Waals surface area (Å²) in [5.41, 5.74) is 0.422. The van der Waals surface area contributed by atoms with Gasteiger partial charge in [0, 0.05) is 57.0 Å². The Kier molecular flexibility index (Phi) is 5.74. The predicted octanol–water partition coefficient (Wildman–Crippen LogP) is 2.89. The van der Waals surface area contributed by atoms with Crippen LogP contribution in [-0.2, 0) is 4.79 Å². The van der Waals surface area contributed by atoms with Crippen molar-refractivity contribution in [3.8, 4) is 0 Å². The van der Waals surface area contributed by atoms with Crippen LogP contribution in [0.5, 0.6) is 0 Å². The molecular weight excluding hydrogens is 369 g/mol. The molecule has 7 heteroatoms. The Morgan fingerprint density at radius 1 is 0.966 bits per heavy atom. The average Bonchev–Trinajstić information content (AvgIpc) is 3.28. The van der Waals surface area contributed by atoms with Crippen LogP contribution in [0, 0.1) is 12.7 Å². The zero-order valence-electron chi connectivity index (χ0n) is 16.7. The number of aryl methyl sites for hydroxylation is 1. The maximum Gasteiger partial charge on any atom is 0.246 e. The number of hydrogen-bond donors (Lipinski definition) is 0. The van der Waals surface area contributed by atoms with E-state index >= 15 is 0 Å². The van der Waals surface area contributed by atoms with E-state index in [9.17, 15) is 9.18 Å². The second-order valence-electron chi connectivity index (χ2n) is 7.49. The first-order valence-electron chi connectivity index (χ1n) is 10.2. The Hall–Kier alpha value is -2.96. The normalized spacial score (nSPS) is 17.4. The molecule has 29 heavy (non-hydrogen) atoms. The zero-order chi connectivity index (χ0) is 20.2. The van der Waals surface area contributed by atoms with E-state index < -0.39 is 0 Å². The molecule has 0 spiro atoms. The number of benzene rings is 1. The van der Waals surface area contributed by atoms with Gasteiger partial charge >= 0.3 is 0 Å². The number of aromatic nitrogens is 2. The summed E-state index contributed by atoms with van der Waals surface area (Å²) in [5, 5.41) is 0. The van der Waals surface area contributed by atoms with E-state index in [-0.39, 0.29) is 11.7 Å². The van der Waals surface area contributed by atoms with Crippen LogP contribution in [0.15, 0.2) is 36.4 Å². The molecule has 0 unspecified atom stereocenters. The van der Waals surface area contributed by atoms with Gasteiger partial charge in [-0.3, -0.25) is 4.79 Å². The molecule has 3 heterocycles. The van der Waals surface area contributed by atoms with Crippen LogP contribution in [0.25, 0.3) is 6.08 Å². The average molecular weight is 395 g/mol. The van der Waals surface area contributed by atoms with Crippen molar-refractivity contribution in [2.24, 2.45) is 0 Å². The molecule has 2 aromatic rings. The molecule has 0 radical (unpaired) electrons. The number of carbonyl (C=O) groups is 1. The highest BCUT2D eigenvalue weighted by atomic mass is 19.1. The Morgan fingerprint density at radius 3 is 2.24 bits per heavy atom. The van der Waals surface area contributed by atoms with E-state index in [0.717, 1.165) is 43.6 Å². The second kappa shape index (κ2) is 8.59. The van der Waals surface area contributed by atoms with Crippen LogP contribution in [0.2, 0.25) is 0 Å². The molecule has 0 aliphatic carbocycles. The molecule has 152 valence electrons. The quantitative estimate of drug-likeness (QED) is 0.745. The molecular formula is C22H26FN5O. The van der Waals surface area contributed by atoms with Gasteiger partial charge in [0.1, 0.15) is 23.3 Å². The van der Waals surface area contributed by atoms with Gasteiger partial charge in [-0.2, -0.15) is 0 Å². The minimum absolute atomic E-state index is 0.0930. The van der Waals surface area contributed by atoms with Crippen LogP contribution < -0.4 is 9.80 Å². The lowest BCUT2D eigenvalue weighted by atomic mass is 10.2. The summed E-state index contributed by atoms with van der Waals surface area (Å²) in [6.07, 6.45) is 5.41.